The Balaban J connectivity index is 1.29. The van der Waals surface area contributed by atoms with Crippen molar-refractivity contribution in [1.82, 2.24) is 14.9 Å². The van der Waals surface area contributed by atoms with E-state index in [9.17, 15) is 8.78 Å². The van der Waals surface area contributed by atoms with Crippen LogP contribution in [0.25, 0.3) is 11.1 Å². The summed E-state index contributed by atoms with van der Waals surface area (Å²) in [4.78, 5) is 6.73. The first kappa shape index (κ1) is 25.4. The Kier molecular flexibility index (Phi) is 8.59. The fraction of sp³-hybridized carbons (Fsp3) is 0.440. The van der Waals surface area contributed by atoms with Crippen molar-refractivity contribution >= 4 is 18.0 Å². The van der Waals surface area contributed by atoms with Gasteiger partial charge in [-0.25, -0.2) is 8.78 Å². The van der Waals surface area contributed by atoms with E-state index in [1.807, 2.05) is 13.8 Å². The van der Waals surface area contributed by atoms with Gasteiger partial charge in [-0.3, -0.25) is 4.72 Å². The minimum Gasteiger partial charge on any atom is -0.493 e. The Morgan fingerprint density at radius 3 is 2.57 bits per heavy atom. The van der Waals surface area contributed by atoms with Gasteiger partial charge in [0.25, 0.3) is 0 Å². The highest BCUT2D eigenvalue weighted by molar-refractivity contribution is 7.97. The second-order valence-corrected chi connectivity index (χ2v) is 9.77. The van der Waals surface area contributed by atoms with Crippen molar-refractivity contribution in [3.8, 4) is 16.9 Å². The summed E-state index contributed by atoms with van der Waals surface area (Å²) in [5.74, 6) is 1.02. The first-order valence-corrected chi connectivity index (χ1v) is 12.6. The van der Waals surface area contributed by atoms with Crippen LogP contribution in [0.3, 0.4) is 0 Å². The molecule has 1 aliphatic heterocycles. The van der Waals surface area contributed by atoms with Crippen molar-refractivity contribution in [3.63, 3.8) is 0 Å². The Hall–Kier alpha value is -2.69. The van der Waals surface area contributed by atoms with E-state index in [-0.39, 0.29) is 29.5 Å². The molecule has 1 saturated heterocycles. The number of ether oxygens (including phenoxy) is 1. The summed E-state index contributed by atoms with van der Waals surface area (Å²) in [7, 11) is 0. The molecule has 0 saturated carbocycles. The van der Waals surface area contributed by atoms with Crippen LogP contribution in [0.5, 0.6) is 5.75 Å². The van der Waals surface area contributed by atoms with E-state index in [2.05, 4.69) is 19.8 Å². The summed E-state index contributed by atoms with van der Waals surface area (Å²) < 4.78 is 43.1. The van der Waals surface area contributed by atoms with Gasteiger partial charge in [-0.1, -0.05) is 31.1 Å². The van der Waals surface area contributed by atoms with E-state index in [1.54, 1.807) is 24.3 Å². The van der Waals surface area contributed by atoms with Crippen LogP contribution in [0.1, 0.15) is 38.4 Å². The van der Waals surface area contributed by atoms with Gasteiger partial charge < -0.3 is 19.3 Å². The van der Waals surface area contributed by atoms with Crippen molar-refractivity contribution in [3.05, 3.63) is 53.9 Å². The van der Waals surface area contributed by atoms with Crippen molar-refractivity contribution in [2.24, 2.45) is 5.92 Å². The zero-order valence-electron chi connectivity index (χ0n) is 19.8. The molecule has 3 aromatic rings. The average Bonchev–Trinajstić information content (AvgIpc) is 3.36. The topological polar surface area (TPSA) is 83.7 Å². The number of benzene rings is 2. The number of piperidine rings is 1. The molecule has 0 radical (unpaired) electrons. The molecule has 1 fully saturated rings. The number of aromatic nitrogens is 2. The van der Waals surface area contributed by atoms with Gasteiger partial charge in [0, 0.05) is 31.1 Å². The maximum Gasteiger partial charge on any atom is 0.324 e. The number of aliphatic hydroxyl groups excluding tert-OH is 1. The van der Waals surface area contributed by atoms with Gasteiger partial charge in [0.1, 0.15) is 17.4 Å². The molecule has 2 heterocycles. The minimum atomic E-state index is -0.524. The highest BCUT2D eigenvalue weighted by atomic mass is 32.2. The molecule has 1 aliphatic rings. The minimum absolute atomic E-state index is 0.0812. The molecular weight excluding hydrogens is 474 g/mol. The summed E-state index contributed by atoms with van der Waals surface area (Å²) >= 11 is 0.953. The number of halogens is 2. The molecule has 2 N–H and O–H groups in total. The van der Waals surface area contributed by atoms with E-state index in [4.69, 9.17) is 14.4 Å². The van der Waals surface area contributed by atoms with Crippen LogP contribution in [-0.2, 0) is 0 Å². The lowest BCUT2D eigenvalue weighted by Gasteiger charge is -2.30. The fourth-order valence-corrected chi connectivity index (χ4v) is 4.50. The maximum atomic E-state index is 14.6. The number of hydrogen-bond acceptors (Lipinski definition) is 8. The standard InChI is InChI=1S/C25H30F2N4O3S/c1-16(2)24-29-25(34-30-24)31-10-7-17(8-11-31)15-33-19-5-3-18(4-6-19)20-13-22(27)23(14-21(20)26)35-28-9-12-32/h3-6,13-14,16-17,28,32H,7-12,15H2,1-2H3. The summed E-state index contributed by atoms with van der Waals surface area (Å²) in [6.07, 6.45) is 1.92. The third-order valence-corrected chi connectivity index (χ3v) is 6.78. The smallest absolute Gasteiger partial charge is 0.324 e. The number of nitrogens with zero attached hydrogens (tertiary/aromatic N) is 3. The Labute approximate surface area is 208 Å². The van der Waals surface area contributed by atoms with Crippen LogP contribution >= 0.6 is 11.9 Å². The molecule has 0 aliphatic carbocycles. The number of nitrogens with one attached hydrogen (secondary N) is 1. The summed E-state index contributed by atoms with van der Waals surface area (Å²) in [5.41, 5.74) is 0.761. The zero-order chi connectivity index (χ0) is 24.8. The van der Waals surface area contributed by atoms with Crippen LogP contribution in [0.2, 0.25) is 0 Å². The molecule has 1 aromatic heterocycles. The number of anilines is 1. The van der Waals surface area contributed by atoms with Crippen LogP contribution in [0.4, 0.5) is 14.8 Å². The second-order valence-electron chi connectivity index (χ2n) is 8.84. The monoisotopic (exact) mass is 504 g/mol. The van der Waals surface area contributed by atoms with Gasteiger partial charge >= 0.3 is 6.01 Å². The predicted octanol–water partition coefficient (Wildman–Crippen LogP) is 5.02. The lowest BCUT2D eigenvalue weighted by molar-refractivity contribution is 0.220. The molecular formula is C25H30F2N4O3S. The molecule has 0 amide bonds. The molecule has 2 aromatic carbocycles. The molecule has 4 rings (SSSR count). The molecule has 188 valence electrons. The van der Waals surface area contributed by atoms with Crippen LogP contribution < -0.4 is 14.4 Å². The maximum absolute atomic E-state index is 14.6. The highest BCUT2D eigenvalue weighted by Gasteiger charge is 2.24. The van der Waals surface area contributed by atoms with Crippen molar-refractivity contribution in [2.45, 2.75) is 37.5 Å². The Bertz CT molecular complexity index is 1100. The van der Waals surface area contributed by atoms with Gasteiger partial charge in [0.05, 0.1) is 18.1 Å². The van der Waals surface area contributed by atoms with Gasteiger partial charge in [0.15, 0.2) is 5.82 Å². The fourth-order valence-electron chi connectivity index (χ4n) is 3.83. The average molecular weight is 505 g/mol. The van der Waals surface area contributed by atoms with E-state index < -0.39 is 11.6 Å². The van der Waals surface area contributed by atoms with E-state index in [1.165, 1.54) is 6.07 Å². The molecule has 35 heavy (non-hydrogen) atoms. The van der Waals surface area contributed by atoms with Gasteiger partial charge in [-0.15, -0.1) is 0 Å². The van der Waals surface area contributed by atoms with Crippen molar-refractivity contribution in [2.75, 3.05) is 37.7 Å². The van der Waals surface area contributed by atoms with Crippen LogP contribution in [-0.4, -0.2) is 48.1 Å². The van der Waals surface area contributed by atoms with E-state index in [0.717, 1.165) is 49.8 Å². The largest absolute Gasteiger partial charge is 0.493 e. The summed E-state index contributed by atoms with van der Waals surface area (Å²) in [5, 5.41) is 12.8. The Morgan fingerprint density at radius 1 is 1.17 bits per heavy atom. The van der Waals surface area contributed by atoms with E-state index in [0.29, 0.717) is 29.9 Å². The number of aliphatic hydroxyl groups is 1. The molecule has 7 nitrogen and oxygen atoms in total. The molecule has 0 unspecified atom stereocenters. The van der Waals surface area contributed by atoms with Crippen molar-refractivity contribution < 1.29 is 23.1 Å². The van der Waals surface area contributed by atoms with E-state index >= 15 is 0 Å². The second kappa shape index (κ2) is 11.8. The van der Waals surface area contributed by atoms with Crippen LogP contribution in [0.15, 0.2) is 45.8 Å². The van der Waals surface area contributed by atoms with Gasteiger partial charge in [0.2, 0.25) is 0 Å². The van der Waals surface area contributed by atoms with Crippen LogP contribution in [0, 0.1) is 17.6 Å². The normalized spacial score (nSPS) is 14.6. The number of rotatable bonds is 10. The molecule has 0 bridgehead atoms. The predicted molar refractivity (Wildman–Crippen MR) is 132 cm³/mol. The summed E-state index contributed by atoms with van der Waals surface area (Å²) in [6.45, 7) is 6.53. The Morgan fingerprint density at radius 2 is 1.91 bits per heavy atom. The van der Waals surface area contributed by atoms with Gasteiger partial charge in [-0.05, 0) is 60.5 Å². The lowest BCUT2D eigenvalue weighted by Crippen LogP contribution is -2.35. The summed E-state index contributed by atoms with van der Waals surface area (Å²) in [6, 6.07) is 9.95. The third kappa shape index (κ3) is 6.50. The first-order chi connectivity index (χ1) is 16.9. The molecule has 10 heteroatoms. The van der Waals surface area contributed by atoms with Gasteiger partial charge in [-0.2, -0.15) is 4.98 Å². The molecule has 0 spiro atoms. The number of hydrogen-bond donors (Lipinski definition) is 2. The highest BCUT2D eigenvalue weighted by Crippen LogP contribution is 2.31. The zero-order valence-corrected chi connectivity index (χ0v) is 20.7. The van der Waals surface area contributed by atoms with Crippen molar-refractivity contribution in [1.29, 1.82) is 0 Å². The molecule has 0 atom stereocenters. The SMILES string of the molecule is CC(C)c1noc(N2CCC(COc3ccc(-c4cc(F)c(SNCCO)cc4F)cc3)CC2)n1. The first-order valence-electron chi connectivity index (χ1n) is 11.8. The third-order valence-electron chi connectivity index (χ3n) is 5.90. The lowest BCUT2D eigenvalue weighted by atomic mass is 9.98. The quantitative estimate of drug-likeness (QED) is 0.294.